The number of rotatable bonds is 4. The summed E-state index contributed by atoms with van der Waals surface area (Å²) in [5, 5.41) is 4.19. The standard InChI is InChI=1S/C11H14N4/c12-6-3-7-13-11-14-8-9-4-1-2-5-10(9)15-11/h1-2,4-5,8H,3,6-7,12H2,(H,13,14,15). The highest BCUT2D eigenvalue weighted by molar-refractivity contribution is 5.78. The lowest BCUT2D eigenvalue weighted by Gasteiger charge is -2.04. The predicted octanol–water partition coefficient (Wildman–Crippen LogP) is 1.39. The number of nitrogens with one attached hydrogen (secondary N) is 1. The predicted molar refractivity (Wildman–Crippen MR) is 61.7 cm³/mol. The highest BCUT2D eigenvalue weighted by atomic mass is 15.1. The molecule has 3 N–H and O–H groups in total. The summed E-state index contributed by atoms with van der Waals surface area (Å²) in [4.78, 5) is 8.60. The van der Waals surface area contributed by atoms with E-state index in [1.54, 1.807) is 0 Å². The molecule has 0 amide bonds. The Morgan fingerprint density at radius 2 is 2.13 bits per heavy atom. The summed E-state index contributed by atoms with van der Waals surface area (Å²) in [5.41, 5.74) is 6.36. The third-order valence-corrected chi connectivity index (χ3v) is 2.15. The summed E-state index contributed by atoms with van der Waals surface area (Å²) in [7, 11) is 0. The number of nitrogens with zero attached hydrogens (tertiary/aromatic N) is 2. The maximum Gasteiger partial charge on any atom is 0.223 e. The van der Waals surface area contributed by atoms with E-state index in [1.807, 2.05) is 30.5 Å². The number of nitrogens with two attached hydrogens (primary N) is 1. The monoisotopic (exact) mass is 202 g/mol. The van der Waals surface area contributed by atoms with Crippen LogP contribution in [0.25, 0.3) is 10.9 Å². The summed E-state index contributed by atoms with van der Waals surface area (Å²) >= 11 is 0. The van der Waals surface area contributed by atoms with E-state index in [-0.39, 0.29) is 0 Å². The molecule has 4 nitrogen and oxygen atoms in total. The molecule has 0 saturated carbocycles. The Kier molecular flexibility index (Phi) is 3.09. The molecule has 0 unspecified atom stereocenters. The van der Waals surface area contributed by atoms with Crippen molar-refractivity contribution in [1.29, 1.82) is 0 Å². The third-order valence-electron chi connectivity index (χ3n) is 2.15. The zero-order valence-electron chi connectivity index (χ0n) is 8.48. The Labute approximate surface area is 88.5 Å². The summed E-state index contributed by atoms with van der Waals surface area (Å²) in [5.74, 6) is 0.669. The van der Waals surface area contributed by atoms with Crippen LogP contribution in [-0.4, -0.2) is 23.1 Å². The van der Waals surface area contributed by atoms with Crippen molar-refractivity contribution in [3.8, 4) is 0 Å². The smallest absolute Gasteiger partial charge is 0.223 e. The van der Waals surface area contributed by atoms with Crippen LogP contribution in [0.4, 0.5) is 5.95 Å². The van der Waals surface area contributed by atoms with E-state index in [2.05, 4.69) is 15.3 Å². The number of para-hydroxylation sites is 1. The number of hydrogen-bond acceptors (Lipinski definition) is 4. The van der Waals surface area contributed by atoms with Gasteiger partial charge in [0.25, 0.3) is 0 Å². The van der Waals surface area contributed by atoms with Gasteiger partial charge in [0.1, 0.15) is 0 Å². The summed E-state index contributed by atoms with van der Waals surface area (Å²) in [6.45, 7) is 1.50. The minimum absolute atomic E-state index is 0.669. The summed E-state index contributed by atoms with van der Waals surface area (Å²) in [6.07, 6.45) is 2.75. The number of benzene rings is 1. The Balaban J connectivity index is 2.16. The van der Waals surface area contributed by atoms with E-state index in [0.29, 0.717) is 12.5 Å². The van der Waals surface area contributed by atoms with Crippen LogP contribution in [-0.2, 0) is 0 Å². The molecule has 0 aliphatic rings. The van der Waals surface area contributed by atoms with E-state index in [0.717, 1.165) is 23.9 Å². The minimum Gasteiger partial charge on any atom is -0.354 e. The molecule has 0 atom stereocenters. The average molecular weight is 202 g/mol. The SMILES string of the molecule is NCCCNc1ncc2ccccc2n1. The van der Waals surface area contributed by atoms with Crippen LogP contribution in [0.15, 0.2) is 30.5 Å². The van der Waals surface area contributed by atoms with Crippen LogP contribution in [0.5, 0.6) is 0 Å². The first-order chi connectivity index (χ1) is 7.40. The molecule has 0 aliphatic carbocycles. The Hall–Kier alpha value is -1.68. The van der Waals surface area contributed by atoms with Gasteiger partial charge in [-0.2, -0.15) is 0 Å². The molecular formula is C11H14N4. The van der Waals surface area contributed by atoms with E-state index in [1.165, 1.54) is 0 Å². The van der Waals surface area contributed by atoms with Gasteiger partial charge in [0.15, 0.2) is 0 Å². The molecule has 0 fully saturated rings. The van der Waals surface area contributed by atoms with Gasteiger partial charge in [-0.25, -0.2) is 9.97 Å². The summed E-state index contributed by atoms with van der Waals surface area (Å²) in [6, 6.07) is 7.93. The molecule has 2 rings (SSSR count). The number of hydrogen-bond donors (Lipinski definition) is 2. The van der Waals surface area contributed by atoms with Crippen LogP contribution in [0.2, 0.25) is 0 Å². The topological polar surface area (TPSA) is 63.8 Å². The average Bonchev–Trinajstić information content (AvgIpc) is 2.29. The number of anilines is 1. The lowest BCUT2D eigenvalue weighted by Crippen LogP contribution is -2.10. The molecule has 1 aromatic carbocycles. The molecule has 0 aliphatic heterocycles. The van der Waals surface area contributed by atoms with Crippen LogP contribution in [0, 0.1) is 0 Å². The first-order valence-corrected chi connectivity index (χ1v) is 5.06. The van der Waals surface area contributed by atoms with Crippen molar-refractivity contribution >= 4 is 16.9 Å². The van der Waals surface area contributed by atoms with Gasteiger partial charge >= 0.3 is 0 Å². The molecule has 0 saturated heterocycles. The molecule has 2 aromatic rings. The van der Waals surface area contributed by atoms with Gasteiger partial charge in [0.05, 0.1) is 5.52 Å². The van der Waals surface area contributed by atoms with Crippen molar-refractivity contribution in [2.75, 3.05) is 18.4 Å². The largest absolute Gasteiger partial charge is 0.354 e. The molecule has 0 bridgehead atoms. The molecule has 0 spiro atoms. The number of fused-ring (bicyclic) bond motifs is 1. The highest BCUT2D eigenvalue weighted by Crippen LogP contribution is 2.11. The molecule has 4 heteroatoms. The van der Waals surface area contributed by atoms with Crippen LogP contribution in [0.3, 0.4) is 0 Å². The molecular weight excluding hydrogens is 188 g/mol. The van der Waals surface area contributed by atoms with Gasteiger partial charge in [0.2, 0.25) is 5.95 Å². The van der Waals surface area contributed by atoms with E-state index in [9.17, 15) is 0 Å². The van der Waals surface area contributed by atoms with Crippen molar-refractivity contribution in [3.05, 3.63) is 30.5 Å². The first kappa shape index (κ1) is 9.86. The Bertz CT molecular complexity index is 441. The van der Waals surface area contributed by atoms with E-state index in [4.69, 9.17) is 5.73 Å². The Morgan fingerprint density at radius 1 is 1.27 bits per heavy atom. The van der Waals surface area contributed by atoms with Gasteiger partial charge in [-0.3, -0.25) is 0 Å². The fourth-order valence-corrected chi connectivity index (χ4v) is 1.36. The third kappa shape index (κ3) is 2.41. The fourth-order valence-electron chi connectivity index (χ4n) is 1.36. The molecule has 1 heterocycles. The lowest BCUT2D eigenvalue weighted by atomic mass is 10.2. The Morgan fingerprint density at radius 3 is 3.00 bits per heavy atom. The van der Waals surface area contributed by atoms with Crippen molar-refractivity contribution in [3.63, 3.8) is 0 Å². The quantitative estimate of drug-likeness (QED) is 0.735. The molecule has 15 heavy (non-hydrogen) atoms. The van der Waals surface area contributed by atoms with Crippen molar-refractivity contribution in [2.45, 2.75) is 6.42 Å². The maximum absolute atomic E-state index is 5.40. The second kappa shape index (κ2) is 4.70. The van der Waals surface area contributed by atoms with Crippen LogP contribution >= 0.6 is 0 Å². The molecule has 0 radical (unpaired) electrons. The normalized spacial score (nSPS) is 10.5. The van der Waals surface area contributed by atoms with E-state index >= 15 is 0 Å². The van der Waals surface area contributed by atoms with Gasteiger partial charge in [-0.1, -0.05) is 18.2 Å². The zero-order chi connectivity index (χ0) is 10.5. The van der Waals surface area contributed by atoms with Gasteiger partial charge < -0.3 is 11.1 Å². The zero-order valence-corrected chi connectivity index (χ0v) is 8.48. The van der Waals surface area contributed by atoms with Crippen molar-refractivity contribution in [2.24, 2.45) is 5.73 Å². The first-order valence-electron chi connectivity index (χ1n) is 5.06. The van der Waals surface area contributed by atoms with Gasteiger partial charge in [0, 0.05) is 18.1 Å². The van der Waals surface area contributed by atoms with Crippen molar-refractivity contribution < 1.29 is 0 Å². The van der Waals surface area contributed by atoms with Crippen LogP contribution < -0.4 is 11.1 Å². The fraction of sp³-hybridized carbons (Fsp3) is 0.273. The minimum atomic E-state index is 0.669. The number of aromatic nitrogens is 2. The van der Waals surface area contributed by atoms with Crippen LogP contribution in [0.1, 0.15) is 6.42 Å². The van der Waals surface area contributed by atoms with Gasteiger partial charge in [-0.05, 0) is 19.0 Å². The van der Waals surface area contributed by atoms with E-state index < -0.39 is 0 Å². The second-order valence-corrected chi connectivity index (χ2v) is 3.32. The van der Waals surface area contributed by atoms with Gasteiger partial charge in [-0.15, -0.1) is 0 Å². The molecule has 78 valence electrons. The second-order valence-electron chi connectivity index (χ2n) is 3.32. The summed E-state index contributed by atoms with van der Waals surface area (Å²) < 4.78 is 0. The maximum atomic E-state index is 5.40. The molecule has 1 aromatic heterocycles. The van der Waals surface area contributed by atoms with Crippen molar-refractivity contribution in [1.82, 2.24) is 9.97 Å². The highest BCUT2D eigenvalue weighted by Gasteiger charge is 1.97. The lowest BCUT2D eigenvalue weighted by molar-refractivity contribution is 0.865.